The predicted molar refractivity (Wildman–Crippen MR) is 79.7 cm³/mol. The van der Waals surface area contributed by atoms with Gasteiger partial charge in [-0.05, 0) is 12.8 Å². The molecule has 1 aliphatic rings. The van der Waals surface area contributed by atoms with Gasteiger partial charge in [-0.25, -0.2) is 0 Å². The Kier molecular flexibility index (Phi) is 9.88. The van der Waals surface area contributed by atoms with Gasteiger partial charge in [-0.3, -0.25) is 0 Å². The van der Waals surface area contributed by atoms with Gasteiger partial charge >= 0.3 is 21.7 Å². The normalized spacial score (nSPS) is 12.8. The molecule has 0 spiro atoms. The van der Waals surface area contributed by atoms with Gasteiger partial charge in [-0.15, -0.1) is 34.5 Å². The zero-order valence-electron chi connectivity index (χ0n) is 12.2. The minimum Gasteiger partial charge on any atom is -1.00 e. The number of benzene rings is 1. The summed E-state index contributed by atoms with van der Waals surface area (Å²) in [5, 5.41) is 2.73. The van der Waals surface area contributed by atoms with Crippen LogP contribution in [0.3, 0.4) is 0 Å². The summed E-state index contributed by atoms with van der Waals surface area (Å²) in [4.78, 5) is 0. The van der Waals surface area contributed by atoms with E-state index >= 15 is 0 Å². The predicted octanol–water partition coefficient (Wildman–Crippen LogP) is -0.532. The van der Waals surface area contributed by atoms with Crippen molar-refractivity contribution in [3.63, 3.8) is 0 Å². The van der Waals surface area contributed by atoms with E-state index in [9.17, 15) is 0 Å². The summed E-state index contributed by atoms with van der Waals surface area (Å²) in [5.74, 6) is 0. The summed E-state index contributed by atoms with van der Waals surface area (Å²) in [6, 6.07) is 13.3. The first-order chi connectivity index (χ1) is 8.88. The van der Waals surface area contributed by atoms with Gasteiger partial charge in [0.25, 0.3) is 0 Å². The average Bonchev–Trinajstić information content (AvgIpc) is 3.01. The molecule has 109 valence electrons. The maximum absolute atomic E-state index is 2.34. The molecule has 0 atom stereocenters. The van der Waals surface area contributed by atoms with Crippen LogP contribution in [0.2, 0.25) is 0 Å². The van der Waals surface area contributed by atoms with Crippen LogP contribution >= 0.6 is 0 Å². The molecule has 21 heavy (non-hydrogen) atoms. The van der Waals surface area contributed by atoms with Crippen LogP contribution in [-0.2, 0) is 21.7 Å². The Morgan fingerprint density at radius 3 is 2.62 bits per heavy atom. The zero-order valence-corrected chi connectivity index (χ0v) is 16.9. The van der Waals surface area contributed by atoms with Crippen LogP contribution < -0.4 is 34.0 Å². The van der Waals surface area contributed by atoms with Gasteiger partial charge in [0.15, 0.2) is 0 Å². The van der Waals surface area contributed by atoms with E-state index in [1.165, 1.54) is 35.6 Å². The summed E-state index contributed by atoms with van der Waals surface area (Å²) >= 11 is 0. The fourth-order valence-corrected chi connectivity index (χ4v) is 2.78. The van der Waals surface area contributed by atoms with E-state index in [2.05, 4.69) is 55.5 Å². The van der Waals surface area contributed by atoms with Crippen molar-refractivity contribution < 1.29 is 55.7 Å². The Balaban J connectivity index is 0.00000133. The number of unbranched alkanes of at least 4 members (excludes halogenated alkanes) is 1. The van der Waals surface area contributed by atoms with Gasteiger partial charge in [0.05, 0.1) is 0 Å². The van der Waals surface area contributed by atoms with Gasteiger partial charge < -0.3 is 34.0 Å². The number of fused-ring (bicyclic) bond motifs is 1. The van der Waals surface area contributed by atoms with Crippen molar-refractivity contribution in [3.8, 4) is 0 Å². The molecule has 0 aliphatic heterocycles. The second kappa shape index (κ2) is 9.89. The summed E-state index contributed by atoms with van der Waals surface area (Å²) < 4.78 is 0. The maximum atomic E-state index is 2.34. The van der Waals surface area contributed by atoms with Crippen molar-refractivity contribution in [2.24, 2.45) is 0 Å². The molecule has 0 saturated carbocycles. The summed E-state index contributed by atoms with van der Waals surface area (Å²) in [6.07, 6.45) is 9.52. The van der Waals surface area contributed by atoms with Crippen molar-refractivity contribution >= 4 is 16.3 Å². The first kappa shape index (κ1) is 21.0. The van der Waals surface area contributed by atoms with Crippen LogP contribution in [0.5, 0.6) is 0 Å². The monoisotopic (exact) mass is 441 g/mol. The Morgan fingerprint density at radius 2 is 1.90 bits per heavy atom. The number of halogens is 2. The van der Waals surface area contributed by atoms with Crippen molar-refractivity contribution in [1.82, 2.24) is 0 Å². The maximum Gasteiger partial charge on any atom is 3.00 e. The molecular weight excluding hydrogens is 424 g/mol. The molecule has 1 aliphatic carbocycles. The topological polar surface area (TPSA) is 0 Å². The minimum atomic E-state index is 0. The van der Waals surface area contributed by atoms with Crippen molar-refractivity contribution in [2.45, 2.75) is 32.6 Å². The van der Waals surface area contributed by atoms with E-state index in [1.54, 1.807) is 11.1 Å². The molecule has 0 unspecified atom stereocenters. The molecule has 3 heteroatoms. The van der Waals surface area contributed by atoms with Crippen molar-refractivity contribution in [3.05, 3.63) is 59.7 Å². The SMILES string of the molecule is CCCCC1=C(c2cc3ccccc3[cH-]2)CC=C1.[Br-].[Br-].[Ti+3]. The van der Waals surface area contributed by atoms with Gasteiger partial charge in [-0.2, -0.15) is 0 Å². The van der Waals surface area contributed by atoms with E-state index in [0.717, 1.165) is 6.42 Å². The Bertz CT molecular complexity index is 590. The molecule has 0 N–H and O–H groups in total. The molecule has 0 fully saturated rings. The second-order valence-electron chi connectivity index (χ2n) is 5.09. The number of allylic oxidation sites excluding steroid dienone is 4. The fraction of sp³-hybridized carbons (Fsp3) is 0.278. The van der Waals surface area contributed by atoms with E-state index in [0.29, 0.717) is 0 Å². The molecule has 0 bridgehead atoms. The van der Waals surface area contributed by atoms with Gasteiger partial charge in [0, 0.05) is 0 Å². The molecule has 2 aromatic carbocycles. The first-order valence-electron chi connectivity index (χ1n) is 6.93. The summed E-state index contributed by atoms with van der Waals surface area (Å²) in [6.45, 7) is 2.26. The van der Waals surface area contributed by atoms with Crippen LogP contribution in [0.25, 0.3) is 16.3 Å². The van der Waals surface area contributed by atoms with Gasteiger partial charge in [0.1, 0.15) is 0 Å². The molecule has 0 saturated heterocycles. The number of hydrogen-bond acceptors (Lipinski definition) is 0. The molecule has 0 heterocycles. The molecule has 3 rings (SSSR count). The fourth-order valence-electron chi connectivity index (χ4n) is 2.78. The third kappa shape index (κ3) is 4.73. The third-order valence-electron chi connectivity index (χ3n) is 3.79. The van der Waals surface area contributed by atoms with Crippen LogP contribution in [0, 0.1) is 0 Å². The van der Waals surface area contributed by atoms with Crippen LogP contribution in [0.4, 0.5) is 0 Å². The molecule has 0 aromatic heterocycles. The standard InChI is InChI=1S/C18H19.2BrH.Ti/c1-2-3-7-14-10-6-11-18(14)17-12-15-8-4-5-9-16(15)13-17;;;/h4-6,8-10,12-13H,2-3,7,11H2,1H3;2*1H;/q-1;;;+3/p-2. The first-order valence-corrected chi connectivity index (χ1v) is 6.93. The van der Waals surface area contributed by atoms with Crippen LogP contribution in [-0.4, -0.2) is 0 Å². The van der Waals surface area contributed by atoms with Crippen LogP contribution in [0.1, 0.15) is 38.2 Å². The number of rotatable bonds is 4. The van der Waals surface area contributed by atoms with E-state index in [1.807, 2.05) is 0 Å². The Hall–Kier alpha value is -0.0157. The third-order valence-corrected chi connectivity index (χ3v) is 3.79. The molecule has 0 amide bonds. The van der Waals surface area contributed by atoms with Gasteiger partial charge in [-0.1, -0.05) is 61.3 Å². The Labute approximate surface area is 163 Å². The van der Waals surface area contributed by atoms with Crippen LogP contribution in [0.15, 0.2) is 54.1 Å². The van der Waals surface area contributed by atoms with E-state index in [4.69, 9.17) is 0 Å². The smallest absolute Gasteiger partial charge is 1.00 e. The van der Waals surface area contributed by atoms with Crippen molar-refractivity contribution in [1.29, 1.82) is 0 Å². The summed E-state index contributed by atoms with van der Waals surface area (Å²) in [7, 11) is 0. The largest absolute Gasteiger partial charge is 3.00 e. The minimum absolute atomic E-state index is 0. The quantitative estimate of drug-likeness (QED) is 0.441. The Morgan fingerprint density at radius 1 is 1.14 bits per heavy atom. The number of hydrogen-bond donors (Lipinski definition) is 0. The molecule has 2 aromatic rings. The van der Waals surface area contributed by atoms with E-state index in [-0.39, 0.29) is 55.7 Å². The molecule has 1 radical (unpaired) electrons. The molecular formula is C18H19Br2Ti. The van der Waals surface area contributed by atoms with E-state index < -0.39 is 0 Å². The molecule has 0 nitrogen and oxygen atoms in total. The second-order valence-corrected chi connectivity index (χ2v) is 5.09. The van der Waals surface area contributed by atoms with Crippen molar-refractivity contribution in [2.75, 3.05) is 0 Å². The zero-order chi connectivity index (χ0) is 12.4. The van der Waals surface area contributed by atoms with Gasteiger partial charge in [0.2, 0.25) is 0 Å². The summed E-state index contributed by atoms with van der Waals surface area (Å²) in [5.41, 5.74) is 4.51. The average molecular weight is 443 g/mol.